The summed E-state index contributed by atoms with van der Waals surface area (Å²) in [6.45, 7) is 0.936. The van der Waals surface area contributed by atoms with Crippen LogP contribution in [0.5, 0.6) is 11.5 Å². The molecular weight excluding hydrogens is 309 g/mol. The van der Waals surface area contributed by atoms with E-state index in [2.05, 4.69) is 0 Å². The quantitative estimate of drug-likeness (QED) is 0.870. The van der Waals surface area contributed by atoms with Gasteiger partial charge in [-0.05, 0) is 42.3 Å². The van der Waals surface area contributed by atoms with Crippen molar-refractivity contribution in [1.82, 2.24) is 0 Å². The Hall–Kier alpha value is -1.42. The first-order valence-corrected chi connectivity index (χ1v) is 7.34. The van der Waals surface area contributed by atoms with Crippen LogP contribution in [0.4, 0.5) is 0 Å². The summed E-state index contributed by atoms with van der Waals surface area (Å²) in [5.41, 5.74) is 7.60. The molecule has 0 aliphatic rings. The molecule has 0 heterocycles. The van der Waals surface area contributed by atoms with Crippen LogP contribution in [0.15, 0.2) is 36.4 Å². The van der Waals surface area contributed by atoms with Crippen molar-refractivity contribution in [1.29, 1.82) is 0 Å². The highest BCUT2D eigenvalue weighted by Crippen LogP contribution is 2.32. The van der Waals surface area contributed by atoms with Gasteiger partial charge in [-0.25, -0.2) is 0 Å². The molecule has 21 heavy (non-hydrogen) atoms. The highest BCUT2D eigenvalue weighted by Gasteiger charge is 2.10. The molecule has 0 spiro atoms. The first-order chi connectivity index (χ1) is 10.2. The zero-order valence-corrected chi connectivity index (χ0v) is 13.2. The van der Waals surface area contributed by atoms with Crippen LogP contribution in [-0.4, -0.2) is 13.7 Å². The standard InChI is InChI=1S/C16H17Cl2NO2/c1-20-15-4-2-3-12(7-8-19)16(15)21-10-11-5-6-13(17)14(18)9-11/h2-6,9H,7-8,10,19H2,1H3. The molecule has 0 saturated heterocycles. The summed E-state index contributed by atoms with van der Waals surface area (Å²) in [6.07, 6.45) is 0.730. The molecule has 0 bridgehead atoms. The SMILES string of the molecule is COc1cccc(CCN)c1OCc1ccc(Cl)c(Cl)c1. The number of nitrogens with two attached hydrogens (primary N) is 1. The van der Waals surface area contributed by atoms with E-state index in [4.69, 9.17) is 38.4 Å². The molecule has 2 N–H and O–H groups in total. The molecule has 112 valence electrons. The van der Waals surface area contributed by atoms with Crippen molar-refractivity contribution in [3.8, 4) is 11.5 Å². The first-order valence-electron chi connectivity index (χ1n) is 6.58. The summed E-state index contributed by atoms with van der Waals surface area (Å²) in [5.74, 6) is 1.41. The van der Waals surface area contributed by atoms with E-state index in [0.717, 1.165) is 23.3 Å². The molecule has 0 unspecified atom stereocenters. The van der Waals surface area contributed by atoms with Gasteiger partial charge in [0.2, 0.25) is 0 Å². The summed E-state index contributed by atoms with van der Waals surface area (Å²) < 4.78 is 11.3. The number of rotatable bonds is 6. The van der Waals surface area contributed by atoms with E-state index < -0.39 is 0 Å². The van der Waals surface area contributed by atoms with Crippen LogP contribution >= 0.6 is 23.2 Å². The summed E-state index contributed by atoms with van der Waals surface area (Å²) >= 11 is 11.9. The molecule has 0 radical (unpaired) electrons. The zero-order chi connectivity index (χ0) is 15.2. The second kappa shape index (κ2) is 7.55. The molecule has 0 aliphatic carbocycles. The fourth-order valence-electron chi connectivity index (χ4n) is 2.02. The molecule has 0 saturated carbocycles. The van der Waals surface area contributed by atoms with Gasteiger partial charge in [-0.15, -0.1) is 0 Å². The third-order valence-electron chi connectivity index (χ3n) is 3.06. The number of para-hydroxylation sites is 1. The number of ether oxygens (including phenoxy) is 2. The number of hydrogen-bond donors (Lipinski definition) is 1. The Labute approximate surface area is 134 Å². The maximum absolute atomic E-state index is 6.01. The van der Waals surface area contributed by atoms with Crippen molar-refractivity contribution in [2.75, 3.05) is 13.7 Å². The minimum atomic E-state index is 0.384. The average molecular weight is 326 g/mol. The van der Waals surface area contributed by atoms with Crippen molar-refractivity contribution in [3.63, 3.8) is 0 Å². The van der Waals surface area contributed by atoms with E-state index in [9.17, 15) is 0 Å². The monoisotopic (exact) mass is 325 g/mol. The van der Waals surface area contributed by atoms with Crippen molar-refractivity contribution < 1.29 is 9.47 Å². The van der Waals surface area contributed by atoms with Gasteiger partial charge in [0.1, 0.15) is 6.61 Å². The lowest BCUT2D eigenvalue weighted by Gasteiger charge is -2.15. The molecule has 0 aromatic heterocycles. The minimum absolute atomic E-state index is 0.384. The van der Waals surface area contributed by atoms with Crippen molar-refractivity contribution >= 4 is 23.2 Å². The summed E-state index contributed by atoms with van der Waals surface area (Å²) in [5, 5.41) is 1.04. The minimum Gasteiger partial charge on any atom is -0.493 e. The third kappa shape index (κ3) is 4.03. The largest absolute Gasteiger partial charge is 0.493 e. The zero-order valence-electron chi connectivity index (χ0n) is 11.7. The van der Waals surface area contributed by atoms with Gasteiger partial charge in [0.15, 0.2) is 11.5 Å². The fraction of sp³-hybridized carbons (Fsp3) is 0.250. The van der Waals surface area contributed by atoms with E-state index in [1.807, 2.05) is 24.3 Å². The van der Waals surface area contributed by atoms with Crippen LogP contribution < -0.4 is 15.2 Å². The maximum Gasteiger partial charge on any atom is 0.164 e. The summed E-state index contributed by atoms with van der Waals surface area (Å²) in [4.78, 5) is 0. The Morgan fingerprint density at radius 1 is 1.10 bits per heavy atom. The van der Waals surface area contributed by atoms with Gasteiger partial charge >= 0.3 is 0 Å². The summed E-state index contributed by atoms with van der Waals surface area (Å²) in [6, 6.07) is 11.2. The lowest BCUT2D eigenvalue weighted by atomic mass is 10.1. The normalized spacial score (nSPS) is 10.5. The Balaban J connectivity index is 2.20. The van der Waals surface area contributed by atoms with E-state index in [-0.39, 0.29) is 0 Å². The summed E-state index contributed by atoms with van der Waals surface area (Å²) in [7, 11) is 1.62. The topological polar surface area (TPSA) is 44.5 Å². The molecular formula is C16H17Cl2NO2. The molecule has 2 rings (SSSR count). The third-order valence-corrected chi connectivity index (χ3v) is 3.80. The van der Waals surface area contributed by atoms with Gasteiger partial charge in [-0.3, -0.25) is 0 Å². The Morgan fingerprint density at radius 2 is 1.90 bits per heavy atom. The molecule has 0 amide bonds. The lowest BCUT2D eigenvalue weighted by molar-refractivity contribution is 0.281. The van der Waals surface area contributed by atoms with Gasteiger partial charge in [-0.2, -0.15) is 0 Å². The van der Waals surface area contributed by atoms with E-state index in [1.54, 1.807) is 19.2 Å². The van der Waals surface area contributed by atoms with Crippen LogP contribution in [0.2, 0.25) is 10.0 Å². The lowest BCUT2D eigenvalue weighted by Crippen LogP contribution is -2.06. The van der Waals surface area contributed by atoms with Gasteiger partial charge in [0, 0.05) is 0 Å². The molecule has 3 nitrogen and oxygen atoms in total. The highest BCUT2D eigenvalue weighted by molar-refractivity contribution is 6.42. The maximum atomic E-state index is 6.01. The molecule has 0 aliphatic heterocycles. The van der Waals surface area contributed by atoms with E-state index in [1.165, 1.54) is 0 Å². The van der Waals surface area contributed by atoms with Gasteiger partial charge in [-0.1, -0.05) is 41.4 Å². The second-order valence-electron chi connectivity index (χ2n) is 4.52. The number of methoxy groups -OCH3 is 1. The first kappa shape index (κ1) is 16.0. The van der Waals surface area contributed by atoms with Gasteiger partial charge in [0.05, 0.1) is 17.2 Å². The Bertz CT molecular complexity index is 617. The molecule has 0 fully saturated rings. The Kier molecular flexibility index (Phi) is 5.74. The van der Waals surface area contributed by atoms with Crippen LogP contribution in [0.1, 0.15) is 11.1 Å². The Morgan fingerprint density at radius 3 is 2.57 bits per heavy atom. The second-order valence-corrected chi connectivity index (χ2v) is 5.34. The molecule has 2 aromatic rings. The van der Waals surface area contributed by atoms with E-state index >= 15 is 0 Å². The van der Waals surface area contributed by atoms with Gasteiger partial charge < -0.3 is 15.2 Å². The van der Waals surface area contributed by atoms with Crippen LogP contribution in [0.25, 0.3) is 0 Å². The number of benzene rings is 2. The van der Waals surface area contributed by atoms with Crippen molar-refractivity contribution in [2.45, 2.75) is 13.0 Å². The van der Waals surface area contributed by atoms with E-state index in [0.29, 0.717) is 28.9 Å². The smallest absolute Gasteiger partial charge is 0.164 e. The number of halogens is 2. The average Bonchev–Trinajstić information content (AvgIpc) is 2.49. The van der Waals surface area contributed by atoms with Gasteiger partial charge in [0.25, 0.3) is 0 Å². The molecule has 0 atom stereocenters. The fourth-order valence-corrected chi connectivity index (χ4v) is 2.34. The predicted molar refractivity (Wildman–Crippen MR) is 86.5 cm³/mol. The van der Waals surface area contributed by atoms with Crippen LogP contribution in [0.3, 0.4) is 0 Å². The molecule has 5 heteroatoms. The highest BCUT2D eigenvalue weighted by atomic mass is 35.5. The van der Waals surface area contributed by atoms with Crippen LogP contribution in [-0.2, 0) is 13.0 Å². The predicted octanol–water partition coefficient (Wildman–Crippen LogP) is 4.08. The number of hydrogen-bond acceptors (Lipinski definition) is 3. The molecule has 2 aromatic carbocycles. The van der Waals surface area contributed by atoms with Crippen molar-refractivity contribution in [2.24, 2.45) is 5.73 Å². The van der Waals surface area contributed by atoms with Crippen molar-refractivity contribution in [3.05, 3.63) is 57.6 Å². The van der Waals surface area contributed by atoms with Crippen LogP contribution in [0, 0.1) is 0 Å².